The van der Waals surface area contributed by atoms with E-state index in [9.17, 15) is 4.79 Å². The maximum atomic E-state index is 12.0. The normalized spacial score (nSPS) is 34.5. The SMILES string of the molecule is CCC(=O)O[C@@]1(C)[C@@H](OCc2ccccc2)C[C@H]2C[C@@H]1C2(C)C. The number of ether oxygens (including phenoxy) is 2. The molecule has 3 fully saturated rings. The van der Waals surface area contributed by atoms with E-state index in [1.54, 1.807) is 0 Å². The van der Waals surface area contributed by atoms with Crippen molar-refractivity contribution in [3.05, 3.63) is 35.9 Å². The number of rotatable bonds is 5. The Bertz CT molecular complexity index is 566. The molecule has 0 heterocycles. The molecular weight excluding hydrogens is 288 g/mol. The lowest BCUT2D eigenvalue weighted by atomic mass is 9.43. The smallest absolute Gasteiger partial charge is 0.306 e. The molecule has 3 heteroatoms. The number of carbonyl (C=O) groups excluding carboxylic acids is 1. The number of hydrogen-bond acceptors (Lipinski definition) is 3. The van der Waals surface area contributed by atoms with E-state index >= 15 is 0 Å². The molecule has 4 rings (SSSR count). The van der Waals surface area contributed by atoms with Crippen molar-refractivity contribution in [2.75, 3.05) is 0 Å². The van der Waals surface area contributed by atoms with Gasteiger partial charge in [0.15, 0.2) is 0 Å². The predicted octanol–water partition coefficient (Wildman–Crippen LogP) is 4.35. The summed E-state index contributed by atoms with van der Waals surface area (Å²) in [7, 11) is 0. The van der Waals surface area contributed by atoms with E-state index in [0.717, 1.165) is 18.4 Å². The van der Waals surface area contributed by atoms with Crippen LogP contribution < -0.4 is 0 Å². The van der Waals surface area contributed by atoms with Crippen molar-refractivity contribution < 1.29 is 14.3 Å². The van der Waals surface area contributed by atoms with Gasteiger partial charge >= 0.3 is 5.97 Å². The van der Waals surface area contributed by atoms with Gasteiger partial charge in [0.25, 0.3) is 0 Å². The summed E-state index contributed by atoms with van der Waals surface area (Å²) in [5.74, 6) is 0.925. The minimum atomic E-state index is -0.514. The first kappa shape index (κ1) is 16.5. The monoisotopic (exact) mass is 316 g/mol. The van der Waals surface area contributed by atoms with Crippen LogP contribution in [0.25, 0.3) is 0 Å². The lowest BCUT2D eigenvalue weighted by molar-refractivity contribution is -0.269. The summed E-state index contributed by atoms with van der Waals surface area (Å²) in [5, 5.41) is 0. The van der Waals surface area contributed by atoms with E-state index in [4.69, 9.17) is 9.47 Å². The van der Waals surface area contributed by atoms with Gasteiger partial charge in [0, 0.05) is 12.3 Å². The Morgan fingerprint density at radius 3 is 2.48 bits per heavy atom. The molecule has 1 aromatic carbocycles. The van der Waals surface area contributed by atoms with Gasteiger partial charge in [-0.2, -0.15) is 0 Å². The summed E-state index contributed by atoms with van der Waals surface area (Å²) in [4.78, 5) is 12.0. The number of benzene rings is 1. The van der Waals surface area contributed by atoms with E-state index < -0.39 is 5.60 Å². The van der Waals surface area contributed by atoms with Gasteiger partial charge < -0.3 is 9.47 Å². The summed E-state index contributed by atoms with van der Waals surface area (Å²) in [6, 6.07) is 10.2. The number of esters is 1. The first-order valence-corrected chi connectivity index (χ1v) is 8.75. The van der Waals surface area contributed by atoms with Gasteiger partial charge in [-0.1, -0.05) is 51.1 Å². The molecule has 0 aliphatic heterocycles. The van der Waals surface area contributed by atoms with Crippen molar-refractivity contribution in [1.29, 1.82) is 0 Å². The van der Waals surface area contributed by atoms with E-state index in [1.165, 1.54) is 0 Å². The molecule has 0 aromatic heterocycles. The van der Waals surface area contributed by atoms with E-state index in [1.807, 2.05) is 25.1 Å². The van der Waals surface area contributed by atoms with Crippen LogP contribution in [0.1, 0.15) is 52.5 Å². The van der Waals surface area contributed by atoms with Crippen LogP contribution in [0.3, 0.4) is 0 Å². The lowest BCUT2D eigenvalue weighted by Gasteiger charge is -2.65. The minimum absolute atomic E-state index is 0.0185. The van der Waals surface area contributed by atoms with Crippen molar-refractivity contribution >= 4 is 5.97 Å². The van der Waals surface area contributed by atoms with Gasteiger partial charge in [-0.3, -0.25) is 4.79 Å². The molecule has 0 unspecified atom stereocenters. The maximum absolute atomic E-state index is 12.0. The zero-order chi connectivity index (χ0) is 16.7. The summed E-state index contributed by atoms with van der Waals surface area (Å²) in [6.07, 6.45) is 2.52. The highest BCUT2D eigenvalue weighted by atomic mass is 16.6. The highest BCUT2D eigenvalue weighted by Gasteiger charge is 2.65. The lowest BCUT2D eigenvalue weighted by Crippen LogP contribution is -2.68. The molecule has 23 heavy (non-hydrogen) atoms. The highest BCUT2D eigenvalue weighted by molar-refractivity contribution is 5.69. The van der Waals surface area contributed by atoms with Crippen LogP contribution in [0.4, 0.5) is 0 Å². The molecule has 2 bridgehead atoms. The Kier molecular flexibility index (Phi) is 4.26. The van der Waals surface area contributed by atoms with E-state index in [0.29, 0.717) is 24.9 Å². The fraction of sp³-hybridized carbons (Fsp3) is 0.650. The molecule has 0 saturated heterocycles. The van der Waals surface area contributed by atoms with Crippen molar-refractivity contribution in [2.24, 2.45) is 17.3 Å². The zero-order valence-electron chi connectivity index (χ0n) is 14.7. The Hall–Kier alpha value is -1.35. The summed E-state index contributed by atoms with van der Waals surface area (Å²) < 4.78 is 12.2. The average Bonchev–Trinajstić information content (AvgIpc) is 2.53. The molecule has 1 aromatic rings. The second kappa shape index (κ2) is 5.94. The van der Waals surface area contributed by atoms with Crippen LogP contribution >= 0.6 is 0 Å². The average molecular weight is 316 g/mol. The molecular formula is C20H28O3. The fourth-order valence-electron chi connectivity index (χ4n) is 4.56. The fourth-order valence-corrected chi connectivity index (χ4v) is 4.56. The van der Waals surface area contributed by atoms with Crippen LogP contribution in [0.5, 0.6) is 0 Å². The van der Waals surface area contributed by atoms with Crippen LogP contribution in [0.2, 0.25) is 0 Å². The Balaban J connectivity index is 1.76. The van der Waals surface area contributed by atoms with Gasteiger partial charge in [0.1, 0.15) is 5.60 Å². The molecule has 3 saturated carbocycles. The Labute approximate surface area is 139 Å². The Morgan fingerprint density at radius 1 is 1.17 bits per heavy atom. The topological polar surface area (TPSA) is 35.5 Å². The molecule has 4 atom stereocenters. The standard InChI is InChI=1S/C20H28O3/c1-5-18(21)23-20(4)16-11-15(19(16,2)3)12-17(20)22-13-14-9-7-6-8-10-14/h6-10,15-17H,5,11-13H2,1-4H3/t15-,16-,17+,20-/m1/s1. The minimum Gasteiger partial charge on any atom is -0.456 e. The largest absolute Gasteiger partial charge is 0.456 e. The molecule has 0 radical (unpaired) electrons. The molecule has 126 valence electrons. The van der Waals surface area contributed by atoms with Crippen molar-refractivity contribution in [3.8, 4) is 0 Å². The van der Waals surface area contributed by atoms with Crippen LogP contribution in [-0.2, 0) is 20.9 Å². The number of carbonyl (C=O) groups is 1. The van der Waals surface area contributed by atoms with E-state index in [2.05, 4.69) is 32.9 Å². The maximum Gasteiger partial charge on any atom is 0.306 e. The molecule has 3 nitrogen and oxygen atoms in total. The van der Waals surface area contributed by atoms with Gasteiger partial charge in [-0.05, 0) is 36.7 Å². The van der Waals surface area contributed by atoms with Crippen LogP contribution in [-0.4, -0.2) is 17.7 Å². The van der Waals surface area contributed by atoms with Gasteiger partial charge in [-0.25, -0.2) is 0 Å². The van der Waals surface area contributed by atoms with Crippen molar-refractivity contribution in [1.82, 2.24) is 0 Å². The third-order valence-electron chi connectivity index (χ3n) is 6.22. The predicted molar refractivity (Wildman–Crippen MR) is 89.8 cm³/mol. The second-order valence-corrected chi connectivity index (χ2v) is 7.84. The molecule has 0 amide bonds. The van der Waals surface area contributed by atoms with Gasteiger partial charge in [-0.15, -0.1) is 0 Å². The molecule has 0 spiro atoms. The number of hydrogen-bond donors (Lipinski definition) is 0. The van der Waals surface area contributed by atoms with Gasteiger partial charge in [0.05, 0.1) is 12.7 Å². The molecule has 3 aliphatic rings. The van der Waals surface area contributed by atoms with Crippen LogP contribution in [0.15, 0.2) is 30.3 Å². The molecule has 0 N–H and O–H groups in total. The van der Waals surface area contributed by atoms with E-state index in [-0.39, 0.29) is 17.5 Å². The van der Waals surface area contributed by atoms with Crippen molar-refractivity contribution in [3.63, 3.8) is 0 Å². The third-order valence-corrected chi connectivity index (χ3v) is 6.22. The first-order valence-electron chi connectivity index (χ1n) is 8.75. The second-order valence-electron chi connectivity index (χ2n) is 7.84. The number of fused-ring (bicyclic) bond motifs is 2. The summed E-state index contributed by atoms with van der Waals surface area (Å²) >= 11 is 0. The third kappa shape index (κ3) is 2.80. The van der Waals surface area contributed by atoms with Crippen molar-refractivity contribution in [2.45, 2.75) is 65.3 Å². The molecule has 3 aliphatic carbocycles. The summed E-state index contributed by atoms with van der Waals surface area (Å²) in [5.41, 5.74) is 0.880. The Morgan fingerprint density at radius 2 is 1.87 bits per heavy atom. The van der Waals surface area contributed by atoms with Gasteiger partial charge in [0.2, 0.25) is 0 Å². The van der Waals surface area contributed by atoms with Crippen LogP contribution in [0, 0.1) is 17.3 Å². The highest BCUT2D eigenvalue weighted by Crippen LogP contribution is 2.64. The zero-order valence-corrected chi connectivity index (χ0v) is 14.7. The first-order chi connectivity index (χ1) is 10.9. The summed E-state index contributed by atoms with van der Waals surface area (Å²) in [6.45, 7) is 9.11. The quantitative estimate of drug-likeness (QED) is 0.758.